The molecule has 7 heteroatoms. The van der Waals surface area contributed by atoms with Crippen LogP contribution in [0.2, 0.25) is 0 Å². The Kier molecular flexibility index (Phi) is 6.88. The summed E-state index contributed by atoms with van der Waals surface area (Å²) in [5.41, 5.74) is 1.75. The van der Waals surface area contributed by atoms with Crippen LogP contribution in [0.4, 0.5) is 0 Å². The first kappa shape index (κ1) is 20.6. The Morgan fingerprint density at radius 3 is 2.68 bits per heavy atom. The van der Waals surface area contributed by atoms with E-state index in [0.29, 0.717) is 31.5 Å². The normalized spacial score (nSPS) is 20.9. The molecule has 28 heavy (non-hydrogen) atoms. The Labute approximate surface area is 166 Å². The number of ether oxygens (including phenoxy) is 3. The number of nitrogens with zero attached hydrogens (tertiary/aromatic N) is 3. The van der Waals surface area contributed by atoms with Crippen molar-refractivity contribution in [2.75, 3.05) is 13.2 Å². The van der Waals surface area contributed by atoms with Gasteiger partial charge in [0.05, 0.1) is 24.4 Å². The second-order valence-corrected chi connectivity index (χ2v) is 7.76. The molecule has 1 aliphatic carbocycles. The Hall–Kier alpha value is -2.15. The topological polar surface area (TPSA) is 75.5 Å². The number of aryl methyl sites for hydroxylation is 1. The predicted octanol–water partition coefficient (Wildman–Crippen LogP) is 3.69. The predicted molar refractivity (Wildman–Crippen MR) is 107 cm³/mol. The van der Waals surface area contributed by atoms with Gasteiger partial charge in [-0.05, 0) is 45.4 Å². The molecule has 0 radical (unpaired) electrons. The van der Waals surface area contributed by atoms with E-state index in [4.69, 9.17) is 14.2 Å². The number of ketones is 1. The van der Waals surface area contributed by atoms with Gasteiger partial charge in [-0.2, -0.15) is 4.98 Å². The van der Waals surface area contributed by atoms with E-state index in [1.807, 2.05) is 24.6 Å². The summed E-state index contributed by atoms with van der Waals surface area (Å²) in [5.74, 6) is 1.10. The highest BCUT2D eigenvalue weighted by atomic mass is 16.5. The van der Waals surface area contributed by atoms with Crippen molar-refractivity contribution in [1.82, 2.24) is 14.5 Å². The van der Waals surface area contributed by atoms with Crippen molar-refractivity contribution in [1.29, 1.82) is 0 Å². The van der Waals surface area contributed by atoms with Gasteiger partial charge in [0.2, 0.25) is 5.88 Å². The fourth-order valence-electron chi connectivity index (χ4n) is 3.70. The first-order chi connectivity index (χ1) is 13.5. The van der Waals surface area contributed by atoms with Crippen molar-refractivity contribution in [3.05, 3.63) is 12.3 Å². The molecule has 0 saturated heterocycles. The van der Waals surface area contributed by atoms with Crippen LogP contribution in [-0.4, -0.2) is 45.7 Å². The smallest absolute Gasteiger partial charge is 0.297 e. The number of fused-ring (bicyclic) bond motifs is 1. The molecule has 1 saturated carbocycles. The number of imidazole rings is 1. The van der Waals surface area contributed by atoms with Crippen LogP contribution in [0.1, 0.15) is 52.9 Å². The third-order valence-electron chi connectivity index (χ3n) is 5.14. The number of pyridine rings is 1. The van der Waals surface area contributed by atoms with Gasteiger partial charge in [0.1, 0.15) is 17.4 Å². The van der Waals surface area contributed by atoms with Gasteiger partial charge in [-0.25, -0.2) is 4.98 Å². The maximum absolute atomic E-state index is 11.2. The summed E-state index contributed by atoms with van der Waals surface area (Å²) in [6.07, 6.45) is 6.53. The molecular weight excluding hydrogens is 358 g/mol. The van der Waals surface area contributed by atoms with Crippen LogP contribution in [0.3, 0.4) is 0 Å². The number of carbonyl (C=O) groups is 1. The SMILES string of the molecule is CCOc1cc2c(cn1)nc(OC1CCC(OC[C@H](C)CC(C)=O)CC1)n2C. The maximum Gasteiger partial charge on any atom is 0.297 e. The summed E-state index contributed by atoms with van der Waals surface area (Å²) in [7, 11) is 1.95. The molecule has 0 aliphatic heterocycles. The van der Waals surface area contributed by atoms with Crippen LogP contribution >= 0.6 is 0 Å². The number of rotatable bonds is 9. The van der Waals surface area contributed by atoms with Crippen molar-refractivity contribution >= 4 is 16.8 Å². The lowest BCUT2D eigenvalue weighted by atomic mass is 9.95. The molecule has 7 nitrogen and oxygen atoms in total. The fraction of sp³-hybridized carbons (Fsp3) is 0.667. The summed E-state index contributed by atoms with van der Waals surface area (Å²) < 4.78 is 19.6. The van der Waals surface area contributed by atoms with E-state index in [1.54, 1.807) is 13.1 Å². The van der Waals surface area contributed by atoms with Crippen LogP contribution in [0.5, 0.6) is 11.9 Å². The highest BCUT2D eigenvalue weighted by molar-refractivity contribution is 5.76. The van der Waals surface area contributed by atoms with Gasteiger partial charge in [0, 0.05) is 26.1 Å². The maximum atomic E-state index is 11.2. The van der Waals surface area contributed by atoms with Crippen molar-refractivity contribution < 1.29 is 19.0 Å². The lowest BCUT2D eigenvalue weighted by molar-refractivity contribution is -0.118. The first-order valence-electron chi connectivity index (χ1n) is 10.2. The molecule has 1 aliphatic rings. The monoisotopic (exact) mass is 389 g/mol. The van der Waals surface area contributed by atoms with Crippen LogP contribution in [0.15, 0.2) is 12.3 Å². The molecule has 3 rings (SSSR count). The van der Waals surface area contributed by atoms with Crippen molar-refractivity contribution in [2.24, 2.45) is 13.0 Å². The number of hydrogen-bond donors (Lipinski definition) is 0. The van der Waals surface area contributed by atoms with Crippen molar-refractivity contribution in [2.45, 2.75) is 65.1 Å². The Morgan fingerprint density at radius 2 is 2.00 bits per heavy atom. The first-order valence-corrected chi connectivity index (χ1v) is 10.2. The summed E-state index contributed by atoms with van der Waals surface area (Å²) in [4.78, 5) is 20.0. The molecule has 0 bridgehead atoms. The molecule has 0 spiro atoms. The molecular formula is C21H31N3O4. The van der Waals surface area contributed by atoms with Crippen LogP contribution in [0, 0.1) is 5.92 Å². The van der Waals surface area contributed by atoms with E-state index in [-0.39, 0.29) is 23.9 Å². The molecule has 0 unspecified atom stereocenters. The van der Waals surface area contributed by atoms with Gasteiger partial charge in [-0.15, -0.1) is 0 Å². The van der Waals surface area contributed by atoms with Crippen molar-refractivity contribution in [3.8, 4) is 11.9 Å². The molecule has 2 aromatic rings. The van der Waals surface area contributed by atoms with Gasteiger partial charge in [0.15, 0.2) is 0 Å². The molecule has 0 N–H and O–H groups in total. The molecule has 0 aromatic carbocycles. The average molecular weight is 389 g/mol. The fourth-order valence-corrected chi connectivity index (χ4v) is 3.70. The van der Waals surface area contributed by atoms with Gasteiger partial charge in [-0.1, -0.05) is 6.92 Å². The minimum atomic E-state index is 0.143. The molecule has 2 heterocycles. The summed E-state index contributed by atoms with van der Waals surface area (Å²) in [5, 5.41) is 0. The van der Waals surface area contributed by atoms with E-state index in [9.17, 15) is 4.79 Å². The zero-order valence-corrected chi connectivity index (χ0v) is 17.3. The van der Waals surface area contributed by atoms with Crippen LogP contribution in [0.25, 0.3) is 11.0 Å². The number of carbonyl (C=O) groups excluding carboxylic acids is 1. The number of Topliss-reactive ketones (excluding diaryl/α,β-unsaturated/α-hetero) is 1. The highest BCUT2D eigenvalue weighted by Gasteiger charge is 2.25. The molecule has 0 amide bonds. The Morgan fingerprint density at radius 1 is 1.29 bits per heavy atom. The van der Waals surface area contributed by atoms with Crippen molar-refractivity contribution in [3.63, 3.8) is 0 Å². The van der Waals surface area contributed by atoms with E-state index in [1.165, 1.54) is 0 Å². The lowest BCUT2D eigenvalue weighted by Crippen LogP contribution is -2.30. The van der Waals surface area contributed by atoms with E-state index < -0.39 is 0 Å². The van der Waals surface area contributed by atoms with E-state index >= 15 is 0 Å². The van der Waals surface area contributed by atoms with Gasteiger partial charge in [0.25, 0.3) is 6.01 Å². The van der Waals surface area contributed by atoms with Gasteiger partial charge < -0.3 is 19.0 Å². The Bertz CT molecular complexity index is 796. The second-order valence-electron chi connectivity index (χ2n) is 7.76. The third kappa shape index (κ3) is 5.22. The molecule has 2 aromatic heterocycles. The number of hydrogen-bond acceptors (Lipinski definition) is 6. The molecule has 154 valence electrons. The second kappa shape index (κ2) is 9.37. The summed E-state index contributed by atoms with van der Waals surface area (Å²) in [6.45, 7) is 6.86. The summed E-state index contributed by atoms with van der Waals surface area (Å²) in [6, 6.07) is 2.51. The standard InChI is InChI=1S/C21H31N3O4/c1-5-26-20-11-19-18(12-22-20)23-21(24(19)4)28-17-8-6-16(7-9-17)27-13-14(2)10-15(3)25/h11-12,14,16-17H,5-10,13H2,1-4H3/t14-,16?,17?/m1/s1. The minimum absolute atomic E-state index is 0.143. The minimum Gasteiger partial charge on any atom is -0.478 e. The molecule has 1 atom stereocenters. The van der Waals surface area contributed by atoms with Crippen LogP contribution in [-0.2, 0) is 16.6 Å². The zero-order valence-electron chi connectivity index (χ0n) is 17.3. The third-order valence-corrected chi connectivity index (χ3v) is 5.14. The van der Waals surface area contributed by atoms with E-state index in [0.717, 1.165) is 36.7 Å². The van der Waals surface area contributed by atoms with Gasteiger partial charge >= 0.3 is 0 Å². The average Bonchev–Trinajstić information content (AvgIpc) is 2.96. The largest absolute Gasteiger partial charge is 0.478 e. The quantitative estimate of drug-likeness (QED) is 0.651. The van der Waals surface area contributed by atoms with Gasteiger partial charge in [-0.3, -0.25) is 4.57 Å². The number of aromatic nitrogens is 3. The zero-order chi connectivity index (χ0) is 20.1. The lowest BCUT2D eigenvalue weighted by Gasteiger charge is -2.29. The molecule has 1 fully saturated rings. The summed E-state index contributed by atoms with van der Waals surface area (Å²) >= 11 is 0. The van der Waals surface area contributed by atoms with Crippen LogP contribution < -0.4 is 9.47 Å². The highest BCUT2D eigenvalue weighted by Crippen LogP contribution is 2.28. The Balaban J connectivity index is 1.52. The van der Waals surface area contributed by atoms with E-state index in [2.05, 4.69) is 16.9 Å².